The van der Waals surface area contributed by atoms with Crippen LogP contribution in [0.25, 0.3) is 11.0 Å². The quantitative estimate of drug-likeness (QED) is 0.499. The predicted octanol–water partition coefficient (Wildman–Crippen LogP) is 3.32. The number of nitrogen functional groups attached to an aromatic ring is 1. The fourth-order valence-corrected chi connectivity index (χ4v) is 2.31. The van der Waals surface area contributed by atoms with E-state index in [0.29, 0.717) is 17.9 Å². The molecule has 0 aliphatic carbocycles. The Kier molecular flexibility index (Phi) is 4.74. The summed E-state index contributed by atoms with van der Waals surface area (Å²) >= 11 is 1.83. The monoisotopic (exact) mass is 279 g/mol. The Labute approximate surface area is 116 Å². The number of furan rings is 1. The molecule has 0 radical (unpaired) electrons. The molecule has 1 heterocycles. The number of ether oxygens (including phenoxy) is 1. The SMILES string of the molecule is CCSCCCOC(=O)c1cc2cc(N)ccc2o1. The Morgan fingerprint density at radius 1 is 1.42 bits per heavy atom. The predicted molar refractivity (Wildman–Crippen MR) is 78.5 cm³/mol. The molecule has 0 amide bonds. The van der Waals surface area contributed by atoms with Crippen LogP contribution in [-0.2, 0) is 4.74 Å². The second-order valence-corrected chi connectivity index (χ2v) is 5.49. The van der Waals surface area contributed by atoms with E-state index in [1.165, 1.54) is 0 Å². The molecule has 0 fully saturated rings. The molecular formula is C14H17NO3S. The van der Waals surface area contributed by atoms with Gasteiger partial charge in [-0.3, -0.25) is 0 Å². The number of nitrogens with two attached hydrogens (primary N) is 1. The number of rotatable bonds is 6. The first-order valence-electron chi connectivity index (χ1n) is 6.24. The van der Waals surface area contributed by atoms with Crippen molar-refractivity contribution in [2.24, 2.45) is 0 Å². The van der Waals surface area contributed by atoms with E-state index in [1.807, 2.05) is 11.8 Å². The van der Waals surface area contributed by atoms with Gasteiger partial charge in [0.05, 0.1) is 6.61 Å². The van der Waals surface area contributed by atoms with Gasteiger partial charge >= 0.3 is 5.97 Å². The highest BCUT2D eigenvalue weighted by molar-refractivity contribution is 7.99. The fraction of sp³-hybridized carbons (Fsp3) is 0.357. The summed E-state index contributed by atoms with van der Waals surface area (Å²) < 4.78 is 10.6. The smallest absolute Gasteiger partial charge is 0.374 e. The van der Waals surface area contributed by atoms with Gasteiger partial charge < -0.3 is 14.9 Å². The first-order chi connectivity index (χ1) is 9.20. The third kappa shape index (κ3) is 3.67. The Morgan fingerprint density at radius 2 is 2.26 bits per heavy atom. The van der Waals surface area contributed by atoms with Gasteiger partial charge in [0.2, 0.25) is 5.76 Å². The molecule has 1 aromatic heterocycles. The molecule has 5 heteroatoms. The summed E-state index contributed by atoms with van der Waals surface area (Å²) in [4.78, 5) is 11.8. The van der Waals surface area contributed by atoms with Crippen molar-refractivity contribution in [2.75, 3.05) is 23.8 Å². The largest absolute Gasteiger partial charge is 0.460 e. The van der Waals surface area contributed by atoms with Crippen molar-refractivity contribution in [3.8, 4) is 0 Å². The van der Waals surface area contributed by atoms with E-state index in [1.54, 1.807) is 24.3 Å². The molecule has 0 aliphatic rings. The number of fused-ring (bicyclic) bond motifs is 1. The first-order valence-corrected chi connectivity index (χ1v) is 7.40. The maximum Gasteiger partial charge on any atom is 0.374 e. The van der Waals surface area contributed by atoms with Crippen molar-refractivity contribution in [1.82, 2.24) is 0 Å². The third-order valence-electron chi connectivity index (χ3n) is 2.61. The van der Waals surface area contributed by atoms with Crippen LogP contribution in [0.1, 0.15) is 23.9 Å². The number of benzene rings is 1. The van der Waals surface area contributed by atoms with Gasteiger partial charge in [-0.25, -0.2) is 4.79 Å². The summed E-state index contributed by atoms with van der Waals surface area (Å²) in [7, 11) is 0. The molecule has 4 nitrogen and oxygen atoms in total. The molecular weight excluding hydrogens is 262 g/mol. The minimum absolute atomic E-state index is 0.226. The molecule has 0 saturated carbocycles. The van der Waals surface area contributed by atoms with Crippen molar-refractivity contribution < 1.29 is 13.9 Å². The molecule has 102 valence electrons. The van der Waals surface area contributed by atoms with Gasteiger partial charge in [-0.2, -0.15) is 11.8 Å². The van der Waals surface area contributed by atoms with E-state index in [2.05, 4.69) is 6.92 Å². The van der Waals surface area contributed by atoms with E-state index in [4.69, 9.17) is 14.9 Å². The summed E-state index contributed by atoms with van der Waals surface area (Å²) in [5, 5.41) is 0.813. The number of hydrogen-bond donors (Lipinski definition) is 1. The van der Waals surface area contributed by atoms with Crippen molar-refractivity contribution in [2.45, 2.75) is 13.3 Å². The molecule has 0 spiro atoms. The Bertz CT molecular complexity index is 565. The average molecular weight is 279 g/mol. The lowest BCUT2D eigenvalue weighted by Gasteiger charge is -2.01. The average Bonchev–Trinajstić information content (AvgIpc) is 2.81. The highest BCUT2D eigenvalue weighted by Crippen LogP contribution is 2.22. The van der Waals surface area contributed by atoms with Crippen LogP contribution in [0.15, 0.2) is 28.7 Å². The lowest BCUT2D eigenvalue weighted by atomic mass is 10.2. The molecule has 0 bridgehead atoms. The molecule has 0 aliphatic heterocycles. The lowest BCUT2D eigenvalue weighted by Crippen LogP contribution is -2.05. The van der Waals surface area contributed by atoms with E-state index >= 15 is 0 Å². The number of anilines is 1. The highest BCUT2D eigenvalue weighted by atomic mass is 32.2. The first kappa shape index (κ1) is 13.8. The Balaban J connectivity index is 1.94. The van der Waals surface area contributed by atoms with Gasteiger partial charge in [-0.1, -0.05) is 6.92 Å². The molecule has 0 atom stereocenters. The molecule has 2 aromatic rings. The molecule has 1 aromatic carbocycles. The molecule has 0 saturated heterocycles. The molecule has 19 heavy (non-hydrogen) atoms. The van der Waals surface area contributed by atoms with E-state index < -0.39 is 5.97 Å². The zero-order valence-electron chi connectivity index (χ0n) is 10.8. The van der Waals surface area contributed by atoms with Crippen LogP contribution in [0.2, 0.25) is 0 Å². The van der Waals surface area contributed by atoms with Crippen LogP contribution in [0.5, 0.6) is 0 Å². The van der Waals surface area contributed by atoms with Crippen LogP contribution >= 0.6 is 11.8 Å². The number of carbonyl (C=O) groups is 1. The number of esters is 1. The normalized spacial score (nSPS) is 10.8. The van der Waals surface area contributed by atoms with Crippen LogP contribution in [0, 0.1) is 0 Å². The summed E-state index contributed by atoms with van der Waals surface area (Å²) in [6.07, 6.45) is 0.859. The fourth-order valence-electron chi connectivity index (χ4n) is 1.70. The minimum Gasteiger partial charge on any atom is -0.460 e. The van der Waals surface area contributed by atoms with Gasteiger partial charge in [0, 0.05) is 11.1 Å². The van der Waals surface area contributed by atoms with Crippen molar-refractivity contribution in [3.63, 3.8) is 0 Å². The van der Waals surface area contributed by atoms with Crippen LogP contribution in [0.3, 0.4) is 0 Å². The second kappa shape index (κ2) is 6.52. The topological polar surface area (TPSA) is 65.5 Å². The van der Waals surface area contributed by atoms with E-state index in [0.717, 1.165) is 23.3 Å². The molecule has 0 unspecified atom stereocenters. The van der Waals surface area contributed by atoms with Crippen molar-refractivity contribution >= 4 is 34.4 Å². The zero-order valence-corrected chi connectivity index (χ0v) is 11.7. The standard InChI is InChI=1S/C14H17NO3S/c1-2-19-7-3-6-17-14(16)13-9-10-8-11(15)4-5-12(10)18-13/h4-5,8-9H,2-3,6-7,15H2,1H3. The van der Waals surface area contributed by atoms with Crippen LogP contribution in [-0.4, -0.2) is 24.1 Å². The van der Waals surface area contributed by atoms with Gasteiger partial charge in [0.1, 0.15) is 5.58 Å². The Morgan fingerprint density at radius 3 is 3.05 bits per heavy atom. The molecule has 2 rings (SSSR count). The summed E-state index contributed by atoms with van der Waals surface area (Å²) in [5.41, 5.74) is 6.96. The molecule has 2 N–H and O–H groups in total. The second-order valence-electron chi connectivity index (χ2n) is 4.09. The van der Waals surface area contributed by atoms with E-state index in [9.17, 15) is 4.79 Å². The zero-order chi connectivity index (χ0) is 13.7. The lowest BCUT2D eigenvalue weighted by molar-refractivity contribution is 0.0472. The summed E-state index contributed by atoms with van der Waals surface area (Å²) in [6.45, 7) is 2.53. The van der Waals surface area contributed by atoms with Crippen LogP contribution in [0.4, 0.5) is 5.69 Å². The van der Waals surface area contributed by atoms with Gasteiger partial charge in [-0.15, -0.1) is 0 Å². The summed E-state index contributed by atoms with van der Waals surface area (Å²) in [6, 6.07) is 6.92. The maximum atomic E-state index is 11.8. The van der Waals surface area contributed by atoms with Gasteiger partial charge in [0.25, 0.3) is 0 Å². The van der Waals surface area contributed by atoms with E-state index in [-0.39, 0.29) is 5.76 Å². The van der Waals surface area contributed by atoms with Crippen molar-refractivity contribution in [3.05, 3.63) is 30.0 Å². The van der Waals surface area contributed by atoms with Gasteiger partial charge in [0.15, 0.2) is 0 Å². The highest BCUT2D eigenvalue weighted by Gasteiger charge is 2.13. The third-order valence-corrected chi connectivity index (χ3v) is 3.60. The number of hydrogen-bond acceptors (Lipinski definition) is 5. The van der Waals surface area contributed by atoms with Gasteiger partial charge in [-0.05, 0) is 42.2 Å². The summed E-state index contributed by atoms with van der Waals surface area (Å²) in [5.74, 6) is 1.89. The van der Waals surface area contributed by atoms with Crippen LogP contribution < -0.4 is 5.73 Å². The Hall–Kier alpha value is -1.62. The minimum atomic E-state index is -0.420. The number of thioether (sulfide) groups is 1. The van der Waals surface area contributed by atoms with Crippen molar-refractivity contribution in [1.29, 1.82) is 0 Å². The number of carbonyl (C=O) groups excluding carboxylic acids is 1. The maximum absolute atomic E-state index is 11.8.